The molecule has 0 radical (unpaired) electrons. The molecule has 0 spiro atoms. The molecule has 1 atom stereocenters. The minimum Gasteiger partial charge on any atom is -0.399 e. The summed E-state index contributed by atoms with van der Waals surface area (Å²) in [6.07, 6.45) is 2.09. The number of hydrogen-bond donors (Lipinski definition) is 2. The molecule has 0 aliphatic rings. The Balaban J connectivity index is 2.20. The Morgan fingerprint density at radius 2 is 2.24 bits per heavy atom. The first-order chi connectivity index (χ1) is 10.2. The maximum Gasteiger partial charge on any atom is 0.136 e. The lowest BCUT2D eigenvalue weighted by molar-refractivity contribution is 0.263. The average molecular weight is 301 g/mol. The van der Waals surface area contributed by atoms with E-state index in [1.165, 1.54) is 4.88 Å². The van der Waals surface area contributed by atoms with E-state index in [4.69, 9.17) is 5.73 Å². The van der Waals surface area contributed by atoms with Crippen molar-refractivity contribution in [2.75, 3.05) is 5.73 Å². The topological polar surface area (TPSA) is 64.1 Å². The number of hydrogen-bond acceptors (Lipinski definition) is 4. The summed E-state index contributed by atoms with van der Waals surface area (Å²) in [6.45, 7) is 2.11. The number of aliphatic hydroxyl groups excluding tert-OH is 1. The lowest BCUT2D eigenvalue weighted by atomic mass is 10.1. The third-order valence-electron chi connectivity index (χ3n) is 3.67. The van der Waals surface area contributed by atoms with Crippen LogP contribution in [0.5, 0.6) is 0 Å². The van der Waals surface area contributed by atoms with Gasteiger partial charge >= 0.3 is 0 Å². The lowest BCUT2D eigenvalue weighted by Gasteiger charge is -2.20. The molecule has 0 fully saturated rings. The maximum atomic E-state index is 9.69. The van der Waals surface area contributed by atoms with Crippen LogP contribution in [-0.2, 0) is 6.61 Å². The van der Waals surface area contributed by atoms with Gasteiger partial charge in [-0.25, -0.2) is 4.98 Å². The van der Waals surface area contributed by atoms with Crippen molar-refractivity contribution in [2.24, 2.45) is 0 Å². The molecule has 0 amide bonds. The molecule has 3 rings (SSSR count). The van der Waals surface area contributed by atoms with E-state index in [0.717, 1.165) is 23.9 Å². The fourth-order valence-corrected chi connectivity index (χ4v) is 3.63. The summed E-state index contributed by atoms with van der Waals surface area (Å²) in [6, 6.07) is 10.2. The van der Waals surface area contributed by atoms with Gasteiger partial charge < -0.3 is 15.4 Å². The van der Waals surface area contributed by atoms with Crippen LogP contribution in [0.1, 0.15) is 36.5 Å². The first-order valence-corrected chi connectivity index (χ1v) is 8.03. The van der Waals surface area contributed by atoms with Gasteiger partial charge in [0.2, 0.25) is 0 Å². The third-order valence-corrected chi connectivity index (χ3v) is 4.65. The summed E-state index contributed by atoms with van der Waals surface area (Å²) < 4.78 is 2.16. The molecule has 0 aliphatic carbocycles. The first-order valence-electron chi connectivity index (χ1n) is 7.15. The Bertz CT molecular complexity index is 733. The fourth-order valence-electron chi connectivity index (χ4n) is 2.78. The van der Waals surface area contributed by atoms with Crippen molar-refractivity contribution in [2.45, 2.75) is 32.4 Å². The molecular weight excluding hydrogens is 282 g/mol. The van der Waals surface area contributed by atoms with E-state index >= 15 is 0 Å². The summed E-state index contributed by atoms with van der Waals surface area (Å²) in [5.41, 5.74) is 8.41. The highest BCUT2D eigenvalue weighted by Gasteiger charge is 2.20. The Hall–Kier alpha value is -1.85. The second-order valence-electron chi connectivity index (χ2n) is 5.12. The number of thiophene rings is 1. The van der Waals surface area contributed by atoms with Crippen molar-refractivity contribution in [3.05, 3.63) is 46.4 Å². The van der Waals surface area contributed by atoms with Gasteiger partial charge in [0.1, 0.15) is 12.4 Å². The number of anilines is 1. The van der Waals surface area contributed by atoms with Crippen molar-refractivity contribution in [1.29, 1.82) is 0 Å². The molecule has 1 unspecified atom stereocenters. The summed E-state index contributed by atoms with van der Waals surface area (Å²) in [5.74, 6) is 0.697. The zero-order valence-electron chi connectivity index (χ0n) is 12.0. The van der Waals surface area contributed by atoms with Crippen molar-refractivity contribution in [1.82, 2.24) is 9.55 Å². The van der Waals surface area contributed by atoms with Crippen LogP contribution >= 0.6 is 11.3 Å². The Morgan fingerprint density at radius 3 is 2.90 bits per heavy atom. The Labute approximate surface area is 127 Å². The van der Waals surface area contributed by atoms with Crippen LogP contribution in [0, 0.1) is 0 Å². The van der Waals surface area contributed by atoms with Crippen molar-refractivity contribution >= 4 is 28.1 Å². The number of aliphatic hydroxyl groups is 1. The van der Waals surface area contributed by atoms with Crippen LogP contribution in [0.3, 0.4) is 0 Å². The average Bonchev–Trinajstić information content (AvgIpc) is 3.11. The summed E-state index contributed by atoms with van der Waals surface area (Å²) >= 11 is 1.75. The fraction of sp³-hybridized carbons (Fsp3) is 0.312. The second-order valence-corrected chi connectivity index (χ2v) is 6.10. The quantitative estimate of drug-likeness (QED) is 0.708. The molecule has 0 aliphatic heterocycles. The van der Waals surface area contributed by atoms with Crippen molar-refractivity contribution < 1.29 is 5.11 Å². The van der Waals surface area contributed by atoms with Gasteiger partial charge in [0, 0.05) is 10.6 Å². The monoisotopic (exact) mass is 301 g/mol. The number of aromatic nitrogens is 2. The molecule has 5 heteroatoms. The predicted molar refractivity (Wildman–Crippen MR) is 87.4 cm³/mol. The van der Waals surface area contributed by atoms with E-state index < -0.39 is 0 Å². The normalized spacial score (nSPS) is 12.9. The first kappa shape index (κ1) is 14.1. The highest BCUT2D eigenvalue weighted by Crippen LogP contribution is 2.32. The SMILES string of the molecule is CCCC(c1cccs1)n1c(CO)nc2cc(N)ccc21. The summed E-state index contributed by atoms with van der Waals surface area (Å²) in [7, 11) is 0. The van der Waals surface area contributed by atoms with Crippen LogP contribution in [0.15, 0.2) is 35.7 Å². The highest BCUT2D eigenvalue weighted by atomic mass is 32.1. The van der Waals surface area contributed by atoms with Gasteiger partial charge in [-0.2, -0.15) is 0 Å². The molecule has 0 saturated carbocycles. The van der Waals surface area contributed by atoms with Gasteiger partial charge in [-0.1, -0.05) is 19.4 Å². The molecule has 0 bridgehead atoms. The number of imidazole rings is 1. The standard InChI is InChI=1S/C16H19N3OS/c1-2-4-14(15-5-3-8-21-15)19-13-7-6-11(17)9-12(13)18-16(19)10-20/h3,5-9,14,20H,2,4,10,17H2,1H3. The number of benzene rings is 1. The van der Waals surface area contributed by atoms with Gasteiger partial charge in [0.25, 0.3) is 0 Å². The van der Waals surface area contributed by atoms with Gasteiger partial charge in [-0.05, 0) is 36.1 Å². The van der Waals surface area contributed by atoms with Gasteiger partial charge in [0.05, 0.1) is 17.1 Å². The van der Waals surface area contributed by atoms with E-state index in [0.29, 0.717) is 11.5 Å². The van der Waals surface area contributed by atoms with E-state index in [9.17, 15) is 5.11 Å². The van der Waals surface area contributed by atoms with Crippen LogP contribution in [-0.4, -0.2) is 14.7 Å². The summed E-state index contributed by atoms with van der Waals surface area (Å²) in [5, 5.41) is 11.8. The molecule has 110 valence electrons. The minimum atomic E-state index is -0.0693. The van der Waals surface area contributed by atoms with Crippen molar-refractivity contribution in [3.8, 4) is 0 Å². The molecule has 21 heavy (non-hydrogen) atoms. The van der Waals surface area contributed by atoms with Gasteiger partial charge in [0.15, 0.2) is 0 Å². The highest BCUT2D eigenvalue weighted by molar-refractivity contribution is 7.10. The van der Waals surface area contributed by atoms with E-state index in [2.05, 4.69) is 34.0 Å². The van der Waals surface area contributed by atoms with Gasteiger partial charge in [-0.15, -0.1) is 11.3 Å². The number of nitrogen functional groups attached to an aromatic ring is 1. The minimum absolute atomic E-state index is 0.0693. The zero-order chi connectivity index (χ0) is 14.8. The molecule has 2 aromatic heterocycles. The van der Waals surface area contributed by atoms with Crippen LogP contribution < -0.4 is 5.73 Å². The largest absolute Gasteiger partial charge is 0.399 e. The third kappa shape index (κ3) is 2.54. The smallest absolute Gasteiger partial charge is 0.136 e. The maximum absolute atomic E-state index is 9.69. The van der Waals surface area contributed by atoms with E-state index in [-0.39, 0.29) is 12.6 Å². The molecule has 0 saturated heterocycles. The van der Waals surface area contributed by atoms with Gasteiger partial charge in [-0.3, -0.25) is 0 Å². The molecule has 3 aromatic rings. The van der Waals surface area contributed by atoms with Crippen molar-refractivity contribution in [3.63, 3.8) is 0 Å². The molecule has 4 nitrogen and oxygen atoms in total. The predicted octanol–water partition coefficient (Wildman–Crippen LogP) is 3.56. The van der Waals surface area contributed by atoms with E-state index in [1.807, 2.05) is 18.2 Å². The van der Waals surface area contributed by atoms with Crippen LogP contribution in [0.4, 0.5) is 5.69 Å². The Morgan fingerprint density at radius 1 is 1.38 bits per heavy atom. The molecule has 2 heterocycles. The molecule has 3 N–H and O–H groups in total. The Kier molecular flexibility index (Phi) is 3.94. The van der Waals surface area contributed by atoms with Crippen LogP contribution in [0.2, 0.25) is 0 Å². The number of nitrogens with zero attached hydrogens (tertiary/aromatic N) is 2. The molecular formula is C16H19N3OS. The van der Waals surface area contributed by atoms with Crippen LogP contribution in [0.25, 0.3) is 11.0 Å². The number of rotatable bonds is 5. The zero-order valence-corrected chi connectivity index (χ0v) is 12.8. The number of fused-ring (bicyclic) bond motifs is 1. The molecule has 1 aromatic carbocycles. The van der Waals surface area contributed by atoms with E-state index in [1.54, 1.807) is 11.3 Å². The second kappa shape index (κ2) is 5.87. The lowest BCUT2D eigenvalue weighted by Crippen LogP contribution is -2.12. The number of nitrogens with two attached hydrogens (primary N) is 1. The summed E-state index contributed by atoms with van der Waals surface area (Å²) in [4.78, 5) is 5.84.